The van der Waals surface area contributed by atoms with Gasteiger partial charge in [-0.05, 0) is 25.5 Å². The maximum Gasteiger partial charge on any atom is 0.128 e. The Hall–Kier alpha value is -0.740. The number of rotatable bonds is 2. The minimum absolute atomic E-state index is 0.440. The van der Waals surface area contributed by atoms with E-state index in [4.69, 9.17) is 0 Å². The van der Waals surface area contributed by atoms with Crippen LogP contribution in [-0.4, -0.2) is 33.7 Å². The number of aliphatic hydroxyl groups excluding tert-OH is 1. The summed E-state index contributed by atoms with van der Waals surface area (Å²) in [7, 11) is 0. The molecule has 0 saturated carbocycles. The molecule has 0 aromatic carbocycles. The van der Waals surface area contributed by atoms with Gasteiger partial charge in [0.05, 0.1) is 6.10 Å². The van der Waals surface area contributed by atoms with Crippen molar-refractivity contribution < 1.29 is 5.11 Å². The van der Waals surface area contributed by atoms with Crippen LogP contribution in [0.1, 0.15) is 32.4 Å². The molecule has 2 rings (SSSR count). The number of hydrogen-bond acceptors (Lipinski definition) is 4. The van der Waals surface area contributed by atoms with Gasteiger partial charge in [-0.2, -0.15) is 11.8 Å². The van der Waals surface area contributed by atoms with Crippen LogP contribution in [0.3, 0.4) is 0 Å². The third-order valence-electron chi connectivity index (χ3n) is 3.43. The Kier molecular flexibility index (Phi) is 3.94. The predicted molar refractivity (Wildman–Crippen MR) is 73.6 cm³/mol. The van der Waals surface area contributed by atoms with E-state index in [0.717, 1.165) is 23.7 Å². The second-order valence-corrected chi connectivity index (χ2v) is 6.12. The molecule has 1 fully saturated rings. The van der Waals surface area contributed by atoms with E-state index in [1.807, 2.05) is 23.9 Å². The SMILES string of the molecule is CC1SCCN(c2ccc([C@@H](C)O)cn2)C1C. The molecular formula is C13H20N2OS. The molecule has 0 radical (unpaired) electrons. The minimum Gasteiger partial charge on any atom is -0.389 e. The molecule has 1 aromatic rings. The van der Waals surface area contributed by atoms with E-state index >= 15 is 0 Å². The first kappa shape index (κ1) is 12.7. The molecule has 94 valence electrons. The van der Waals surface area contributed by atoms with Crippen LogP contribution in [0.5, 0.6) is 0 Å². The lowest BCUT2D eigenvalue weighted by Crippen LogP contribution is -2.45. The van der Waals surface area contributed by atoms with Gasteiger partial charge in [0.15, 0.2) is 0 Å². The lowest BCUT2D eigenvalue weighted by molar-refractivity contribution is 0.199. The molecule has 1 saturated heterocycles. The van der Waals surface area contributed by atoms with Gasteiger partial charge in [-0.3, -0.25) is 0 Å². The van der Waals surface area contributed by atoms with Crippen molar-refractivity contribution in [1.29, 1.82) is 0 Å². The van der Waals surface area contributed by atoms with Crippen molar-refractivity contribution in [3.8, 4) is 0 Å². The molecule has 1 N–H and O–H groups in total. The summed E-state index contributed by atoms with van der Waals surface area (Å²) in [6, 6.07) is 4.49. The molecule has 0 spiro atoms. The molecule has 17 heavy (non-hydrogen) atoms. The highest BCUT2D eigenvalue weighted by Gasteiger charge is 2.25. The van der Waals surface area contributed by atoms with E-state index in [0.29, 0.717) is 11.3 Å². The van der Waals surface area contributed by atoms with Crippen LogP contribution in [0, 0.1) is 0 Å². The van der Waals surface area contributed by atoms with E-state index in [1.54, 1.807) is 13.1 Å². The first-order valence-corrected chi connectivity index (χ1v) is 7.16. The maximum atomic E-state index is 9.46. The van der Waals surface area contributed by atoms with E-state index in [-0.39, 0.29) is 0 Å². The standard InChI is InChI=1S/C13H20N2OS/c1-9-11(3)17-7-6-15(9)13-5-4-12(8-14-13)10(2)16/h4-5,8-11,16H,6-7H2,1-3H3/t9?,10-,11?/m1/s1. The minimum atomic E-state index is -0.440. The van der Waals surface area contributed by atoms with Crippen molar-refractivity contribution in [2.75, 3.05) is 17.2 Å². The summed E-state index contributed by atoms with van der Waals surface area (Å²) in [6.45, 7) is 7.34. The number of anilines is 1. The fourth-order valence-electron chi connectivity index (χ4n) is 2.07. The van der Waals surface area contributed by atoms with E-state index in [2.05, 4.69) is 23.7 Å². The molecule has 1 aromatic heterocycles. The summed E-state index contributed by atoms with van der Waals surface area (Å²) < 4.78 is 0. The van der Waals surface area contributed by atoms with Gasteiger partial charge in [-0.25, -0.2) is 4.98 Å². The predicted octanol–water partition coefficient (Wildman–Crippen LogP) is 2.47. The first-order chi connectivity index (χ1) is 8.09. The lowest BCUT2D eigenvalue weighted by atomic mass is 10.1. The van der Waals surface area contributed by atoms with Crippen LogP contribution in [0.25, 0.3) is 0 Å². The molecular weight excluding hydrogens is 232 g/mol. The number of hydrogen-bond donors (Lipinski definition) is 1. The Morgan fingerprint density at radius 2 is 2.24 bits per heavy atom. The number of thioether (sulfide) groups is 1. The van der Waals surface area contributed by atoms with Gasteiger partial charge in [-0.1, -0.05) is 13.0 Å². The smallest absolute Gasteiger partial charge is 0.128 e. The van der Waals surface area contributed by atoms with Crippen molar-refractivity contribution in [1.82, 2.24) is 4.98 Å². The van der Waals surface area contributed by atoms with Crippen LogP contribution in [0.15, 0.2) is 18.3 Å². The first-order valence-electron chi connectivity index (χ1n) is 6.12. The van der Waals surface area contributed by atoms with E-state index in [1.165, 1.54) is 0 Å². The van der Waals surface area contributed by atoms with Gasteiger partial charge in [0.2, 0.25) is 0 Å². The Morgan fingerprint density at radius 3 is 2.82 bits per heavy atom. The highest BCUT2D eigenvalue weighted by atomic mass is 32.2. The molecule has 0 aliphatic carbocycles. The Labute approximate surface area is 107 Å². The van der Waals surface area contributed by atoms with Gasteiger partial charge >= 0.3 is 0 Å². The van der Waals surface area contributed by atoms with Gasteiger partial charge < -0.3 is 10.0 Å². The largest absolute Gasteiger partial charge is 0.389 e. The van der Waals surface area contributed by atoms with Gasteiger partial charge in [0, 0.05) is 29.8 Å². The number of aromatic nitrogens is 1. The van der Waals surface area contributed by atoms with Crippen LogP contribution < -0.4 is 4.90 Å². The number of aliphatic hydroxyl groups is 1. The molecule has 0 amide bonds. The molecule has 1 aliphatic rings. The molecule has 3 atom stereocenters. The van der Waals surface area contributed by atoms with E-state index < -0.39 is 6.10 Å². The summed E-state index contributed by atoms with van der Waals surface area (Å²) in [6.07, 6.45) is 1.34. The summed E-state index contributed by atoms with van der Waals surface area (Å²) >= 11 is 2.02. The monoisotopic (exact) mass is 252 g/mol. The molecule has 0 bridgehead atoms. The Balaban J connectivity index is 2.16. The van der Waals surface area contributed by atoms with Gasteiger partial charge in [-0.15, -0.1) is 0 Å². The van der Waals surface area contributed by atoms with Crippen LogP contribution in [-0.2, 0) is 0 Å². The quantitative estimate of drug-likeness (QED) is 0.877. The van der Waals surface area contributed by atoms with Crippen LogP contribution in [0.2, 0.25) is 0 Å². The molecule has 3 nitrogen and oxygen atoms in total. The highest BCUT2D eigenvalue weighted by molar-refractivity contribution is 8.00. The summed E-state index contributed by atoms with van der Waals surface area (Å²) in [5, 5.41) is 10.1. The zero-order valence-corrected chi connectivity index (χ0v) is 11.4. The fourth-order valence-corrected chi connectivity index (χ4v) is 3.17. The molecule has 2 unspecified atom stereocenters. The average molecular weight is 252 g/mol. The van der Waals surface area contributed by atoms with Crippen molar-refractivity contribution >= 4 is 17.6 Å². The zero-order valence-electron chi connectivity index (χ0n) is 10.6. The van der Waals surface area contributed by atoms with Crippen LogP contribution >= 0.6 is 11.8 Å². The summed E-state index contributed by atoms with van der Waals surface area (Å²) in [5.74, 6) is 2.18. The van der Waals surface area contributed by atoms with Crippen molar-refractivity contribution in [3.63, 3.8) is 0 Å². The Morgan fingerprint density at radius 1 is 1.47 bits per heavy atom. The molecule has 1 aliphatic heterocycles. The molecule has 4 heteroatoms. The normalized spacial score (nSPS) is 26.9. The zero-order chi connectivity index (χ0) is 12.4. The van der Waals surface area contributed by atoms with E-state index in [9.17, 15) is 5.11 Å². The van der Waals surface area contributed by atoms with Gasteiger partial charge in [0.25, 0.3) is 0 Å². The average Bonchev–Trinajstić information content (AvgIpc) is 2.33. The van der Waals surface area contributed by atoms with Crippen molar-refractivity contribution in [3.05, 3.63) is 23.9 Å². The lowest BCUT2D eigenvalue weighted by Gasteiger charge is -2.38. The van der Waals surface area contributed by atoms with Crippen LogP contribution in [0.4, 0.5) is 5.82 Å². The van der Waals surface area contributed by atoms with Gasteiger partial charge in [0.1, 0.15) is 5.82 Å². The summed E-state index contributed by atoms with van der Waals surface area (Å²) in [5.41, 5.74) is 0.876. The van der Waals surface area contributed by atoms with Crippen molar-refractivity contribution in [2.45, 2.75) is 38.2 Å². The molecule has 2 heterocycles. The fraction of sp³-hybridized carbons (Fsp3) is 0.615. The second kappa shape index (κ2) is 5.27. The number of nitrogens with zero attached hydrogens (tertiary/aromatic N) is 2. The van der Waals surface area contributed by atoms with Crippen molar-refractivity contribution in [2.24, 2.45) is 0 Å². The maximum absolute atomic E-state index is 9.46. The highest BCUT2D eigenvalue weighted by Crippen LogP contribution is 2.28. The summed E-state index contributed by atoms with van der Waals surface area (Å²) in [4.78, 5) is 6.82. The topological polar surface area (TPSA) is 36.4 Å². The number of pyridine rings is 1. The Bertz CT molecular complexity index is 366. The third-order valence-corrected chi connectivity index (χ3v) is 4.77. The third kappa shape index (κ3) is 2.75. The second-order valence-electron chi connectivity index (χ2n) is 4.64.